The summed E-state index contributed by atoms with van der Waals surface area (Å²) in [5.74, 6) is -0.00883. The molecule has 1 aliphatic carbocycles. The predicted molar refractivity (Wildman–Crippen MR) is 131 cm³/mol. The van der Waals surface area contributed by atoms with Crippen LogP contribution in [0.25, 0.3) is 0 Å². The standard InChI is InChI=1S/C21H29N2O9PS2/c1-4-31-33(25,26)12-16-13-34-20(22-16)23-19(24)15-9-17(30-7-8-35(3,27)28)11-18(10-15)32-21(5-6-21)14-29-2/h9-11,13H,4-8,12,14H2,1-3H3,(H,25,26)(H,22,23,24). The van der Waals surface area contributed by atoms with E-state index in [9.17, 15) is 22.7 Å². The van der Waals surface area contributed by atoms with Gasteiger partial charge in [-0.3, -0.25) is 14.7 Å². The van der Waals surface area contributed by atoms with Gasteiger partial charge in [0.25, 0.3) is 5.91 Å². The van der Waals surface area contributed by atoms with E-state index in [0.717, 1.165) is 30.4 Å². The monoisotopic (exact) mass is 548 g/mol. The largest absolute Gasteiger partial charge is 0.492 e. The molecule has 2 N–H and O–H groups in total. The van der Waals surface area contributed by atoms with Crippen LogP contribution in [0.1, 0.15) is 35.8 Å². The number of hydrogen-bond acceptors (Lipinski definition) is 10. The lowest BCUT2D eigenvalue weighted by molar-refractivity contribution is 0.0636. The van der Waals surface area contributed by atoms with Gasteiger partial charge in [-0.1, -0.05) is 0 Å². The maximum atomic E-state index is 13.0. The van der Waals surface area contributed by atoms with E-state index in [1.54, 1.807) is 31.5 Å². The van der Waals surface area contributed by atoms with Crippen molar-refractivity contribution >= 4 is 39.8 Å². The van der Waals surface area contributed by atoms with Crippen molar-refractivity contribution in [1.29, 1.82) is 0 Å². The molecule has 11 nitrogen and oxygen atoms in total. The summed E-state index contributed by atoms with van der Waals surface area (Å²) in [7, 11) is -5.44. The first-order valence-corrected chi connectivity index (χ1v) is 15.5. The fourth-order valence-corrected chi connectivity index (χ4v) is 5.42. The van der Waals surface area contributed by atoms with Gasteiger partial charge in [-0.2, -0.15) is 0 Å². The van der Waals surface area contributed by atoms with Gasteiger partial charge in [-0.15, -0.1) is 11.3 Å². The van der Waals surface area contributed by atoms with Crippen LogP contribution in [-0.2, 0) is 29.8 Å². The molecule has 0 radical (unpaired) electrons. The van der Waals surface area contributed by atoms with Gasteiger partial charge in [-0.25, -0.2) is 13.4 Å². The maximum Gasteiger partial charge on any atom is 0.334 e. The van der Waals surface area contributed by atoms with Gasteiger partial charge in [0, 0.05) is 30.4 Å². The smallest absolute Gasteiger partial charge is 0.334 e. The fraction of sp³-hybridized carbons (Fsp3) is 0.524. The Morgan fingerprint density at radius 3 is 2.63 bits per heavy atom. The van der Waals surface area contributed by atoms with Gasteiger partial charge in [0.15, 0.2) is 15.0 Å². The Hall–Kier alpha value is -2.02. The van der Waals surface area contributed by atoms with Gasteiger partial charge in [-0.05, 0) is 31.9 Å². The maximum absolute atomic E-state index is 13.0. The number of carbonyl (C=O) groups is 1. The molecule has 194 valence electrons. The second-order valence-corrected chi connectivity index (χ2v) is 13.2. The lowest BCUT2D eigenvalue weighted by Gasteiger charge is -2.18. The summed E-state index contributed by atoms with van der Waals surface area (Å²) in [6.45, 7) is 2.03. The van der Waals surface area contributed by atoms with Crippen LogP contribution in [0.4, 0.5) is 5.13 Å². The summed E-state index contributed by atoms with van der Waals surface area (Å²) in [5.41, 5.74) is 0.0716. The number of methoxy groups -OCH3 is 1. The highest BCUT2D eigenvalue weighted by atomic mass is 32.2. The van der Waals surface area contributed by atoms with Crippen molar-refractivity contribution < 1.29 is 41.4 Å². The number of nitrogens with zero attached hydrogens (tertiary/aromatic N) is 1. The Labute approximate surface area is 208 Å². The van der Waals surface area contributed by atoms with Crippen LogP contribution in [0.3, 0.4) is 0 Å². The minimum atomic E-state index is -3.80. The highest BCUT2D eigenvalue weighted by molar-refractivity contribution is 7.90. The molecule has 1 aromatic heterocycles. The lowest BCUT2D eigenvalue weighted by atomic mass is 10.2. The Bertz CT molecular complexity index is 1200. The Morgan fingerprint density at radius 2 is 2.00 bits per heavy atom. The SMILES string of the molecule is CCOP(=O)(O)Cc1csc(NC(=O)c2cc(OCCS(C)(=O)=O)cc(OC3(COC)CC3)c2)n1. The highest BCUT2D eigenvalue weighted by Gasteiger charge is 2.45. The van der Waals surface area contributed by atoms with E-state index in [4.69, 9.17) is 18.7 Å². The number of anilines is 1. The molecule has 1 fully saturated rings. The van der Waals surface area contributed by atoms with Crippen LogP contribution < -0.4 is 14.8 Å². The molecule has 0 saturated heterocycles. The number of amides is 1. The molecule has 1 unspecified atom stereocenters. The van der Waals surface area contributed by atoms with Crippen LogP contribution >= 0.6 is 18.9 Å². The molecule has 14 heteroatoms. The number of rotatable bonds is 14. The zero-order valence-corrected chi connectivity index (χ0v) is 22.2. The number of nitrogens with one attached hydrogen (secondary N) is 1. The van der Waals surface area contributed by atoms with Gasteiger partial charge in [0.05, 0.1) is 30.8 Å². The molecule has 0 bridgehead atoms. The Morgan fingerprint density at radius 1 is 1.29 bits per heavy atom. The average molecular weight is 549 g/mol. The van der Waals surface area contributed by atoms with E-state index >= 15 is 0 Å². The molecule has 1 heterocycles. The third kappa shape index (κ3) is 8.85. The first kappa shape index (κ1) is 27.6. The van der Waals surface area contributed by atoms with Crippen LogP contribution in [0, 0.1) is 0 Å². The molecule has 1 atom stereocenters. The number of benzene rings is 1. The zero-order chi connectivity index (χ0) is 25.7. The minimum Gasteiger partial charge on any atom is -0.492 e. The van der Waals surface area contributed by atoms with E-state index in [1.165, 1.54) is 6.07 Å². The van der Waals surface area contributed by atoms with E-state index in [0.29, 0.717) is 18.1 Å². The molecule has 1 aliphatic rings. The fourth-order valence-electron chi connectivity index (χ4n) is 3.14. The van der Waals surface area contributed by atoms with Crippen molar-refractivity contribution in [2.24, 2.45) is 0 Å². The normalized spacial score (nSPS) is 16.3. The molecule has 3 rings (SSSR count). The summed E-state index contributed by atoms with van der Waals surface area (Å²) in [5, 5.41) is 4.47. The van der Waals surface area contributed by atoms with Crippen LogP contribution in [-0.4, -0.2) is 68.7 Å². The number of ether oxygens (including phenoxy) is 3. The van der Waals surface area contributed by atoms with Crippen LogP contribution in [0.2, 0.25) is 0 Å². The molecular weight excluding hydrogens is 519 g/mol. The van der Waals surface area contributed by atoms with Gasteiger partial charge < -0.3 is 23.6 Å². The van der Waals surface area contributed by atoms with E-state index in [1.807, 2.05) is 0 Å². The third-order valence-electron chi connectivity index (χ3n) is 4.88. The van der Waals surface area contributed by atoms with E-state index in [2.05, 4.69) is 10.3 Å². The van der Waals surface area contributed by atoms with Crippen LogP contribution in [0.5, 0.6) is 11.5 Å². The number of carbonyl (C=O) groups excluding carboxylic acids is 1. The van der Waals surface area contributed by atoms with E-state index < -0.39 is 28.9 Å². The van der Waals surface area contributed by atoms with Crippen molar-refractivity contribution in [2.45, 2.75) is 31.5 Å². The quantitative estimate of drug-likeness (QED) is 0.337. The summed E-state index contributed by atoms with van der Waals surface area (Å²) in [6, 6.07) is 4.63. The topological polar surface area (TPSA) is 150 Å². The molecule has 35 heavy (non-hydrogen) atoms. The molecule has 1 saturated carbocycles. The second-order valence-electron chi connectivity index (χ2n) is 8.20. The van der Waals surface area contributed by atoms with Crippen LogP contribution in [0.15, 0.2) is 23.6 Å². The molecule has 0 aliphatic heterocycles. The van der Waals surface area contributed by atoms with Crippen molar-refractivity contribution in [2.75, 3.05) is 44.3 Å². The molecular formula is C21H29N2O9PS2. The minimum absolute atomic E-state index is 0.0799. The molecule has 1 amide bonds. The Balaban J connectivity index is 1.76. The number of aromatic nitrogens is 1. The number of hydrogen-bond donors (Lipinski definition) is 2. The Kier molecular flexibility index (Phi) is 8.95. The summed E-state index contributed by atoms with van der Waals surface area (Å²) in [6.07, 6.45) is 2.46. The third-order valence-corrected chi connectivity index (χ3v) is 7.98. The summed E-state index contributed by atoms with van der Waals surface area (Å²) < 4.78 is 56.6. The number of thiazole rings is 1. The van der Waals surface area contributed by atoms with Gasteiger partial charge >= 0.3 is 7.60 Å². The lowest BCUT2D eigenvalue weighted by Crippen LogP contribution is -2.24. The molecule has 1 aromatic carbocycles. The van der Waals surface area contributed by atoms with Gasteiger partial charge in [0.1, 0.15) is 23.7 Å². The number of sulfone groups is 1. The molecule has 2 aromatic rings. The second kappa shape index (κ2) is 11.4. The summed E-state index contributed by atoms with van der Waals surface area (Å²) >= 11 is 1.11. The highest BCUT2D eigenvalue weighted by Crippen LogP contribution is 2.45. The first-order valence-electron chi connectivity index (χ1n) is 10.8. The van der Waals surface area contributed by atoms with E-state index in [-0.39, 0.29) is 41.6 Å². The van der Waals surface area contributed by atoms with Crippen molar-refractivity contribution in [3.05, 3.63) is 34.8 Å². The van der Waals surface area contributed by atoms with Crippen molar-refractivity contribution in [3.63, 3.8) is 0 Å². The van der Waals surface area contributed by atoms with Crippen molar-refractivity contribution in [3.8, 4) is 11.5 Å². The zero-order valence-electron chi connectivity index (χ0n) is 19.7. The first-order chi connectivity index (χ1) is 16.4. The van der Waals surface area contributed by atoms with Gasteiger partial charge in [0.2, 0.25) is 0 Å². The summed E-state index contributed by atoms with van der Waals surface area (Å²) in [4.78, 5) is 26.9. The average Bonchev–Trinajstić information content (AvgIpc) is 3.35. The van der Waals surface area contributed by atoms with Crippen molar-refractivity contribution in [1.82, 2.24) is 4.98 Å². The molecule has 0 spiro atoms. The predicted octanol–water partition coefficient (Wildman–Crippen LogP) is 3.10.